The van der Waals surface area contributed by atoms with Crippen molar-refractivity contribution in [3.63, 3.8) is 0 Å². The molecule has 1 amide bonds. The number of halogens is 3. The molecule has 1 saturated heterocycles. The van der Waals surface area contributed by atoms with E-state index in [2.05, 4.69) is 10.3 Å². The van der Waals surface area contributed by atoms with Crippen molar-refractivity contribution in [3.05, 3.63) is 23.9 Å². The quantitative estimate of drug-likeness (QED) is 0.864. The van der Waals surface area contributed by atoms with E-state index in [1.54, 1.807) is 0 Å². The van der Waals surface area contributed by atoms with Crippen LogP contribution in [0.2, 0.25) is 0 Å². The van der Waals surface area contributed by atoms with Crippen molar-refractivity contribution in [2.24, 2.45) is 11.7 Å². The Hall–Kier alpha value is -1.83. The molecule has 5 nitrogen and oxygen atoms in total. The van der Waals surface area contributed by atoms with Crippen LogP contribution in [-0.2, 0) is 0 Å². The van der Waals surface area contributed by atoms with Crippen molar-refractivity contribution in [2.45, 2.75) is 12.6 Å². The molecule has 0 aliphatic carbocycles. The maximum Gasteiger partial charge on any atom is 0.401 e. The van der Waals surface area contributed by atoms with Crippen molar-refractivity contribution in [1.82, 2.24) is 9.88 Å². The lowest BCUT2D eigenvalue weighted by Gasteiger charge is -2.18. The first-order valence-electron chi connectivity index (χ1n) is 6.62. The van der Waals surface area contributed by atoms with E-state index in [1.807, 2.05) is 0 Å². The van der Waals surface area contributed by atoms with E-state index in [0.717, 1.165) is 0 Å². The van der Waals surface area contributed by atoms with Gasteiger partial charge in [0.2, 0.25) is 5.91 Å². The van der Waals surface area contributed by atoms with Crippen molar-refractivity contribution >= 4 is 11.7 Å². The molecule has 0 aromatic carbocycles. The van der Waals surface area contributed by atoms with Gasteiger partial charge in [0, 0.05) is 24.8 Å². The molecule has 1 aliphatic rings. The monoisotopic (exact) mass is 302 g/mol. The topological polar surface area (TPSA) is 71.2 Å². The van der Waals surface area contributed by atoms with E-state index in [0.29, 0.717) is 37.4 Å². The van der Waals surface area contributed by atoms with Gasteiger partial charge in [-0.3, -0.25) is 9.69 Å². The highest BCUT2D eigenvalue weighted by Crippen LogP contribution is 2.23. The van der Waals surface area contributed by atoms with Crippen LogP contribution in [0.25, 0.3) is 0 Å². The third-order valence-electron chi connectivity index (χ3n) is 3.39. The molecule has 2 heterocycles. The summed E-state index contributed by atoms with van der Waals surface area (Å²) < 4.78 is 36.9. The van der Waals surface area contributed by atoms with Crippen LogP contribution in [0.3, 0.4) is 0 Å². The van der Waals surface area contributed by atoms with Crippen LogP contribution in [0.15, 0.2) is 18.3 Å². The highest BCUT2D eigenvalue weighted by Gasteiger charge is 2.34. The summed E-state index contributed by atoms with van der Waals surface area (Å²) in [5.41, 5.74) is 5.52. The standard InChI is InChI=1S/C13H17F3N4O/c14-13(15,16)8-20-4-2-9(7-20)6-19-11-5-10(12(17)21)1-3-18-11/h1,3,5,9H,2,4,6-8H2,(H2,17,21)(H,18,19)/t9-/m1/s1. The highest BCUT2D eigenvalue weighted by molar-refractivity contribution is 5.93. The summed E-state index contributed by atoms with van der Waals surface area (Å²) in [4.78, 5) is 16.5. The predicted octanol–water partition coefficient (Wildman–Crippen LogP) is 1.48. The number of alkyl halides is 3. The van der Waals surface area contributed by atoms with Gasteiger partial charge in [0.25, 0.3) is 0 Å². The van der Waals surface area contributed by atoms with Crippen molar-refractivity contribution in [3.8, 4) is 0 Å². The Kier molecular flexibility index (Phi) is 4.66. The molecule has 0 radical (unpaired) electrons. The number of carbonyl (C=O) groups is 1. The first kappa shape index (κ1) is 15.6. The number of aromatic nitrogens is 1. The lowest BCUT2D eigenvalue weighted by atomic mass is 10.1. The molecule has 0 unspecified atom stereocenters. The Labute approximate surface area is 120 Å². The molecule has 2 rings (SSSR count). The number of nitrogens with two attached hydrogens (primary N) is 1. The first-order chi connectivity index (χ1) is 9.83. The average Bonchev–Trinajstić information content (AvgIpc) is 2.82. The maximum atomic E-state index is 12.3. The number of hydrogen-bond acceptors (Lipinski definition) is 4. The summed E-state index contributed by atoms with van der Waals surface area (Å²) in [5, 5.41) is 3.04. The number of primary amides is 1. The largest absolute Gasteiger partial charge is 0.401 e. The van der Waals surface area contributed by atoms with Crippen molar-refractivity contribution < 1.29 is 18.0 Å². The van der Waals surface area contributed by atoms with Crippen molar-refractivity contribution in [1.29, 1.82) is 0 Å². The van der Waals surface area contributed by atoms with Crippen LogP contribution >= 0.6 is 0 Å². The van der Waals surface area contributed by atoms with E-state index in [4.69, 9.17) is 5.73 Å². The van der Waals surface area contributed by atoms with E-state index < -0.39 is 18.6 Å². The summed E-state index contributed by atoms with van der Waals surface area (Å²) in [6.45, 7) is 0.505. The highest BCUT2D eigenvalue weighted by atomic mass is 19.4. The lowest BCUT2D eigenvalue weighted by Crippen LogP contribution is -2.33. The van der Waals surface area contributed by atoms with Gasteiger partial charge in [-0.1, -0.05) is 0 Å². The third-order valence-corrected chi connectivity index (χ3v) is 3.39. The summed E-state index contributed by atoms with van der Waals surface area (Å²) in [6.07, 6.45) is -1.98. The van der Waals surface area contributed by atoms with E-state index in [-0.39, 0.29) is 5.92 Å². The number of nitrogens with one attached hydrogen (secondary N) is 1. The number of anilines is 1. The Morgan fingerprint density at radius 2 is 2.29 bits per heavy atom. The third kappa shape index (κ3) is 4.89. The van der Waals surface area contributed by atoms with E-state index >= 15 is 0 Å². The Morgan fingerprint density at radius 3 is 2.95 bits per heavy atom. The number of nitrogens with zero attached hydrogens (tertiary/aromatic N) is 2. The summed E-state index contributed by atoms with van der Waals surface area (Å²) in [5.74, 6) is 0.0876. The molecule has 1 aliphatic heterocycles. The fourth-order valence-electron chi connectivity index (χ4n) is 2.41. The van der Waals surface area contributed by atoms with Crippen LogP contribution in [-0.4, -0.2) is 48.1 Å². The number of likely N-dealkylation sites (tertiary alicyclic amines) is 1. The van der Waals surface area contributed by atoms with Gasteiger partial charge < -0.3 is 11.1 Å². The number of pyridine rings is 1. The zero-order valence-electron chi connectivity index (χ0n) is 11.4. The van der Waals surface area contributed by atoms with Crippen LogP contribution in [0.1, 0.15) is 16.8 Å². The van der Waals surface area contributed by atoms with Crippen LogP contribution < -0.4 is 11.1 Å². The van der Waals surface area contributed by atoms with Crippen LogP contribution in [0.5, 0.6) is 0 Å². The summed E-state index contributed by atoms with van der Waals surface area (Å²) in [7, 11) is 0. The minimum Gasteiger partial charge on any atom is -0.370 e. The fraction of sp³-hybridized carbons (Fsp3) is 0.538. The number of rotatable bonds is 5. The minimum atomic E-state index is -4.15. The van der Waals surface area contributed by atoms with Crippen LogP contribution in [0.4, 0.5) is 19.0 Å². The molecule has 0 bridgehead atoms. The van der Waals surface area contributed by atoms with Gasteiger partial charge >= 0.3 is 6.18 Å². The predicted molar refractivity (Wildman–Crippen MR) is 71.8 cm³/mol. The SMILES string of the molecule is NC(=O)c1ccnc(NC[C@H]2CCN(CC(F)(F)F)C2)c1. The zero-order valence-corrected chi connectivity index (χ0v) is 11.4. The number of carbonyl (C=O) groups excluding carboxylic acids is 1. The van der Waals surface area contributed by atoms with Crippen molar-refractivity contribution in [2.75, 3.05) is 31.5 Å². The van der Waals surface area contributed by atoms with Gasteiger partial charge in [-0.15, -0.1) is 0 Å². The molecule has 116 valence electrons. The average molecular weight is 302 g/mol. The molecule has 0 saturated carbocycles. The Bertz CT molecular complexity index is 506. The first-order valence-corrected chi connectivity index (χ1v) is 6.62. The van der Waals surface area contributed by atoms with Gasteiger partial charge in [-0.25, -0.2) is 4.98 Å². The molecular formula is C13H17F3N4O. The lowest BCUT2D eigenvalue weighted by molar-refractivity contribution is -0.143. The molecule has 1 aromatic heterocycles. The second kappa shape index (κ2) is 6.30. The van der Waals surface area contributed by atoms with Gasteiger partial charge in [-0.05, 0) is 31.0 Å². The Balaban J connectivity index is 1.82. The van der Waals surface area contributed by atoms with E-state index in [9.17, 15) is 18.0 Å². The molecular weight excluding hydrogens is 285 g/mol. The smallest absolute Gasteiger partial charge is 0.370 e. The molecule has 1 fully saturated rings. The van der Waals surface area contributed by atoms with Gasteiger partial charge in [0.15, 0.2) is 0 Å². The number of amides is 1. The Morgan fingerprint density at radius 1 is 1.52 bits per heavy atom. The van der Waals surface area contributed by atoms with Gasteiger partial charge in [-0.2, -0.15) is 13.2 Å². The fourth-order valence-corrected chi connectivity index (χ4v) is 2.41. The summed E-state index contributed by atoms with van der Waals surface area (Å²) in [6, 6.07) is 3.04. The maximum absolute atomic E-state index is 12.3. The zero-order chi connectivity index (χ0) is 15.5. The van der Waals surface area contributed by atoms with Crippen LogP contribution in [0, 0.1) is 5.92 Å². The second-order valence-electron chi connectivity index (χ2n) is 5.18. The van der Waals surface area contributed by atoms with Gasteiger partial charge in [0.05, 0.1) is 6.54 Å². The second-order valence-corrected chi connectivity index (χ2v) is 5.18. The van der Waals surface area contributed by atoms with E-state index in [1.165, 1.54) is 23.2 Å². The molecule has 21 heavy (non-hydrogen) atoms. The number of hydrogen-bond donors (Lipinski definition) is 2. The molecule has 0 spiro atoms. The summed E-state index contributed by atoms with van der Waals surface area (Å²) >= 11 is 0. The molecule has 3 N–H and O–H groups in total. The molecule has 1 aromatic rings. The molecule has 8 heteroatoms. The van der Waals surface area contributed by atoms with Gasteiger partial charge in [0.1, 0.15) is 5.82 Å². The normalized spacial score (nSPS) is 19.7. The minimum absolute atomic E-state index is 0.131. The molecule has 1 atom stereocenters.